The van der Waals surface area contributed by atoms with Crippen molar-refractivity contribution in [1.82, 2.24) is 0 Å². The van der Waals surface area contributed by atoms with Crippen LogP contribution in [-0.4, -0.2) is 0 Å². The lowest BCUT2D eigenvalue weighted by Crippen LogP contribution is -2.16. The molecular weight excluding hydrogens is 96.1 g/mol. The quantitative estimate of drug-likeness (QED) is 0.455. The average Bonchev–Trinajstić information content (AvgIpc) is 1.33. The van der Waals surface area contributed by atoms with Crippen LogP contribution in [0.2, 0.25) is 0 Å². The van der Waals surface area contributed by atoms with E-state index < -0.39 is 0 Å². The van der Waals surface area contributed by atoms with Crippen molar-refractivity contribution >= 4 is 0 Å². The van der Waals surface area contributed by atoms with Crippen molar-refractivity contribution in [2.45, 2.75) is 41.5 Å². The first kappa shape index (κ1) is 10.9. The normalized spacial score (nSPS) is 33.8. The first-order valence-electron chi connectivity index (χ1n) is 2.79. The van der Waals surface area contributed by atoms with E-state index in [1.807, 2.05) is 0 Å². The van der Waals surface area contributed by atoms with Crippen LogP contribution in [0.15, 0.2) is 0 Å². The first-order valence-corrected chi connectivity index (χ1v) is 2.79. The minimum Gasteiger partial charge on any atom is -0.0776 e. The summed E-state index contributed by atoms with van der Waals surface area (Å²) < 4.78 is 0. The van der Waals surface area contributed by atoms with Gasteiger partial charge in [0.25, 0.3) is 0 Å². The summed E-state index contributed by atoms with van der Waals surface area (Å²) in [6.07, 6.45) is 2.94. The van der Waals surface area contributed by atoms with Gasteiger partial charge in [0.2, 0.25) is 0 Å². The molecular formula is C8H20. The number of hydrogen-bond donors (Lipinski definition) is 0. The largest absolute Gasteiger partial charge is 0.0776 e. The standard InChI is InChI=1S/C6H12.2CH4/c1-5-3-6(2)4-5;;/h5-6H,3-4H2,1-2H3;2*1H4. The van der Waals surface area contributed by atoms with Gasteiger partial charge in [-0.2, -0.15) is 0 Å². The van der Waals surface area contributed by atoms with Crippen molar-refractivity contribution in [1.29, 1.82) is 0 Å². The molecule has 8 heavy (non-hydrogen) atoms. The van der Waals surface area contributed by atoms with E-state index in [1.54, 1.807) is 0 Å². The van der Waals surface area contributed by atoms with Gasteiger partial charge in [0.05, 0.1) is 0 Å². The van der Waals surface area contributed by atoms with Crippen LogP contribution in [0.5, 0.6) is 0 Å². The second-order valence-corrected chi connectivity index (χ2v) is 2.68. The molecule has 0 unspecified atom stereocenters. The molecule has 0 aromatic carbocycles. The molecule has 1 aliphatic carbocycles. The maximum absolute atomic E-state index is 2.32. The molecule has 0 nitrogen and oxygen atoms in total. The predicted molar refractivity (Wildman–Crippen MR) is 41.0 cm³/mol. The summed E-state index contributed by atoms with van der Waals surface area (Å²) in [4.78, 5) is 0. The molecule has 1 saturated carbocycles. The molecule has 0 N–H and O–H groups in total. The van der Waals surface area contributed by atoms with E-state index in [9.17, 15) is 0 Å². The molecule has 0 aromatic heterocycles. The van der Waals surface area contributed by atoms with Gasteiger partial charge >= 0.3 is 0 Å². The van der Waals surface area contributed by atoms with Crippen molar-refractivity contribution in [3.8, 4) is 0 Å². The molecule has 1 rings (SSSR count). The second kappa shape index (κ2) is 3.94. The lowest BCUT2D eigenvalue weighted by Gasteiger charge is -2.28. The SMILES string of the molecule is C.C.CC1CC(C)C1. The third kappa shape index (κ3) is 2.34. The summed E-state index contributed by atoms with van der Waals surface area (Å²) in [5.74, 6) is 2.08. The highest BCUT2D eigenvalue weighted by molar-refractivity contribution is 4.71. The van der Waals surface area contributed by atoms with Crippen LogP contribution in [-0.2, 0) is 0 Å². The van der Waals surface area contributed by atoms with Gasteiger partial charge in [0.15, 0.2) is 0 Å². The zero-order valence-corrected chi connectivity index (χ0v) is 4.57. The van der Waals surface area contributed by atoms with E-state index in [4.69, 9.17) is 0 Å². The Hall–Kier alpha value is 0. The fraction of sp³-hybridized carbons (Fsp3) is 1.00. The molecule has 0 saturated heterocycles. The molecule has 1 fully saturated rings. The predicted octanol–water partition coefficient (Wildman–Crippen LogP) is 3.32. The van der Waals surface area contributed by atoms with Gasteiger partial charge in [0.1, 0.15) is 0 Å². The Kier molecular flexibility index (Phi) is 5.36. The van der Waals surface area contributed by atoms with E-state index in [-0.39, 0.29) is 14.9 Å². The van der Waals surface area contributed by atoms with Crippen LogP contribution >= 0.6 is 0 Å². The molecule has 0 bridgehead atoms. The Morgan fingerprint density at radius 2 is 1.12 bits per heavy atom. The molecule has 0 atom stereocenters. The summed E-state index contributed by atoms with van der Waals surface area (Å²) in [5.41, 5.74) is 0. The summed E-state index contributed by atoms with van der Waals surface area (Å²) >= 11 is 0. The highest BCUT2D eigenvalue weighted by Crippen LogP contribution is 2.31. The van der Waals surface area contributed by atoms with E-state index in [0.29, 0.717) is 0 Å². The highest BCUT2D eigenvalue weighted by atomic mass is 14.2. The van der Waals surface area contributed by atoms with Gasteiger partial charge in [-0.25, -0.2) is 0 Å². The van der Waals surface area contributed by atoms with Crippen LogP contribution in [0.3, 0.4) is 0 Å². The summed E-state index contributed by atoms with van der Waals surface area (Å²) in [5, 5.41) is 0. The molecule has 0 aromatic rings. The molecule has 1 aliphatic rings. The molecule has 52 valence electrons. The minimum atomic E-state index is 0. The zero-order valence-electron chi connectivity index (χ0n) is 4.57. The van der Waals surface area contributed by atoms with Crippen LogP contribution in [0.25, 0.3) is 0 Å². The average molecular weight is 116 g/mol. The lowest BCUT2D eigenvalue weighted by molar-refractivity contribution is 0.233. The third-order valence-electron chi connectivity index (χ3n) is 1.61. The molecule has 0 heterocycles. The fourth-order valence-corrected chi connectivity index (χ4v) is 1.30. The Morgan fingerprint density at radius 3 is 1.12 bits per heavy atom. The van der Waals surface area contributed by atoms with Gasteiger partial charge < -0.3 is 0 Å². The van der Waals surface area contributed by atoms with Crippen molar-refractivity contribution < 1.29 is 0 Å². The molecule has 0 spiro atoms. The number of rotatable bonds is 0. The van der Waals surface area contributed by atoms with Crippen LogP contribution < -0.4 is 0 Å². The Balaban J connectivity index is 0. The monoisotopic (exact) mass is 116 g/mol. The topological polar surface area (TPSA) is 0 Å². The van der Waals surface area contributed by atoms with Crippen LogP contribution in [0, 0.1) is 11.8 Å². The number of hydrogen-bond acceptors (Lipinski definition) is 0. The molecule has 0 amide bonds. The molecule has 0 aliphatic heterocycles. The van der Waals surface area contributed by atoms with Crippen molar-refractivity contribution in [3.05, 3.63) is 0 Å². The summed E-state index contributed by atoms with van der Waals surface area (Å²) in [6.45, 7) is 4.64. The smallest absolute Gasteiger partial charge is 0.0438 e. The van der Waals surface area contributed by atoms with Gasteiger partial charge in [-0.3, -0.25) is 0 Å². The van der Waals surface area contributed by atoms with Gasteiger partial charge in [-0.15, -0.1) is 0 Å². The lowest BCUT2D eigenvalue weighted by atomic mass is 9.78. The van der Waals surface area contributed by atoms with E-state index in [2.05, 4.69) is 13.8 Å². The highest BCUT2D eigenvalue weighted by Gasteiger charge is 2.19. The van der Waals surface area contributed by atoms with E-state index >= 15 is 0 Å². The van der Waals surface area contributed by atoms with E-state index in [1.165, 1.54) is 12.8 Å². The van der Waals surface area contributed by atoms with Crippen LogP contribution in [0.4, 0.5) is 0 Å². The Labute approximate surface area is 54.3 Å². The van der Waals surface area contributed by atoms with Crippen molar-refractivity contribution in [2.75, 3.05) is 0 Å². The van der Waals surface area contributed by atoms with Crippen LogP contribution in [0.1, 0.15) is 41.5 Å². The molecule has 0 heteroatoms. The summed E-state index contributed by atoms with van der Waals surface area (Å²) in [7, 11) is 0. The second-order valence-electron chi connectivity index (χ2n) is 2.68. The fourth-order valence-electron chi connectivity index (χ4n) is 1.30. The maximum Gasteiger partial charge on any atom is -0.0438 e. The minimum absolute atomic E-state index is 0. The van der Waals surface area contributed by atoms with Crippen molar-refractivity contribution in [2.24, 2.45) is 11.8 Å². The zero-order chi connectivity index (χ0) is 4.57. The van der Waals surface area contributed by atoms with Crippen molar-refractivity contribution in [3.63, 3.8) is 0 Å². The van der Waals surface area contributed by atoms with Gasteiger partial charge in [-0.05, 0) is 24.7 Å². The maximum atomic E-state index is 2.32. The van der Waals surface area contributed by atoms with Gasteiger partial charge in [-0.1, -0.05) is 28.7 Å². The molecule has 0 radical (unpaired) electrons. The Bertz CT molecular complexity index is 36.0. The van der Waals surface area contributed by atoms with E-state index in [0.717, 1.165) is 11.8 Å². The third-order valence-corrected chi connectivity index (χ3v) is 1.61. The van der Waals surface area contributed by atoms with Gasteiger partial charge in [0, 0.05) is 0 Å². The Morgan fingerprint density at radius 1 is 0.875 bits per heavy atom. The first-order chi connectivity index (χ1) is 2.79. The summed E-state index contributed by atoms with van der Waals surface area (Å²) in [6, 6.07) is 0.